The first kappa shape index (κ1) is 11.4. The Morgan fingerprint density at radius 3 is 2.44 bits per heavy atom. The van der Waals surface area contributed by atoms with Gasteiger partial charge in [-0.05, 0) is 48.6 Å². The molecular weight excluding hydrogens is 222 g/mol. The van der Waals surface area contributed by atoms with Gasteiger partial charge in [-0.3, -0.25) is 0 Å². The highest BCUT2D eigenvalue weighted by atomic mass is 19.4. The molecule has 0 saturated heterocycles. The van der Waals surface area contributed by atoms with Gasteiger partial charge in [-0.15, -0.1) is 0 Å². The highest BCUT2D eigenvalue weighted by molar-refractivity contribution is 5.32. The zero-order valence-corrected chi connectivity index (χ0v) is 8.39. The van der Waals surface area contributed by atoms with Gasteiger partial charge >= 0.3 is 6.18 Å². The van der Waals surface area contributed by atoms with Gasteiger partial charge in [0.2, 0.25) is 0 Å². The molecule has 0 bridgehead atoms. The predicted octanol–water partition coefficient (Wildman–Crippen LogP) is 2.91. The number of nitrogens with two attached hydrogens (primary N) is 1. The lowest BCUT2D eigenvalue weighted by Crippen LogP contribution is -2.07. The zero-order valence-electron chi connectivity index (χ0n) is 8.39. The quantitative estimate of drug-likeness (QED) is 0.781. The predicted molar refractivity (Wildman–Crippen MR) is 51.3 cm³/mol. The van der Waals surface area contributed by atoms with Crippen LogP contribution in [0.4, 0.5) is 17.6 Å². The van der Waals surface area contributed by atoms with Crippen molar-refractivity contribution in [1.29, 1.82) is 0 Å². The maximum atomic E-state index is 13.0. The van der Waals surface area contributed by atoms with Gasteiger partial charge in [-0.1, -0.05) is 0 Å². The summed E-state index contributed by atoms with van der Waals surface area (Å²) < 4.78 is 50.3. The molecule has 2 unspecified atom stereocenters. The van der Waals surface area contributed by atoms with E-state index in [1.807, 2.05) is 0 Å². The minimum Gasteiger partial charge on any atom is -0.330 e. The maximum absolute atomic E-state index is 13.0. The van der Waals surface area contributed by atoms with Crippen LogP contribution >= 0.6 is 0 Å². The third-order valence-corrected chi connectivity index (χ3v) is 2.90. The van der Waals surface area contributed by atoms with Crippen molar-refractivity contribution < 1.29 is 17.6 Å². The fourth-order valence-electron chi connectivity index (χ4n) is 1.91. The van der Waals surface area contributed by atoms with Gasteiger partial charge in [-0.2, -0.15) is 13.2 Å². The Labute approximate surface area is 90.3 Å². The van der Waals surface area contributed by atoms with E-state index in [0.717, 1.165) is 18.6 Å². The summed E-state index contributed by atoms with van der Waals surface area (Å²) in [7, 11) is 0. The SMILES string of the molecule is NCC1CC1c1cc(F)cc(C(F)(F)F)c1. The van der Waals surface area contributed by atoms with E-state index in [4.69, 9.17) is 5.73 Å². The second-order valence-electron chi connectivity index (χ2n) is 4.11. The van der Waals surface area contributed by atoms with Gasteiger partial charge in [0, 0.05) is 0 Å². The van der Waals surface area contributed by atoms with E-state index in [1.54, 1.807) is 0 Å². The summed E-state index contributed by atoms with van der Waals surface area (Å²) in [6, 6.07) is 2.70. The molecule has 16 heavy (non-hydrogen) atoms. The standard InChI is InChI=1S/C11H11F4N/c12-9-2-6(10-3-7(10)5-16)1-8(4-9)11(13,14)15/h1-2,4,7,10H,3,5,16H2. The third kappa shape index (κ3) is 2.19. The largest absolute Gasteiger partial charge is 0.416 e. The van der Waals surface area contributed by atoms with Gasteiger partial charge < -0.3 is 5.73 Å². The molecule has 1 fully saturated rings. The number of alkyl halides is 3. The molecule has 0 radical (unpaired) electrons. The Kier molecular flexibility index (Phi) is 2.66. The van der Waals surface area contributed by atoms with Crippen molar-refractivity contribution in [2.24, 2.45) is 11.7 Å². The molecule has 2 atom stereocenters. The molecule has 1 saturated carbocycles. The molecule has 1 nitrogen and oxygen atoms in total. The summed E-state index contributed by atoms with van der Waals surface area (Å²) in [5.74, 6) is -0.655. The number of benzene rings is 1. The van der Waals surface area contributed by atoms with E-state index in [9.17, 15) is 17.6 Å². The van der Waals surface area contributed by atoms with Gasteiger partial charge in [0.25, 0.3) is 0 Å². The third-order valence-electron chi connectivity index (χ3n) is 2.90. The van der Waals surface area contributed by atoms with Crippen LogP contribution < -0.4 is 5.73 Å². The van der Waals surface area contributed by atoms with Crippen LogP contribution in [0, 0.1) is 11.7 Å². The number of hydrogen-bond donors (Lipinski definition) is 1. The van der Waals surface area contributed by atoms with Crippen molar-refractivity contribution in [3.05, 3.63) is 35.1 Å². The molecule has 0 heterocycles. The lowest BCUT2D eigenvalue weighted by atomic mass is 10.0. The normalized spacial score (nSPS) is 24.6. The monoisotopic (exact) mass is 233 g/mol. The summed E-state index contributed by atoms with van der Waals surface area (Å²) >= 11 is 0. The van der Waals surface area contributed by atoms with E-state index >= 15 is 0 Å². The Morgan fingerprint density at radius 1 is 1.25 bits per heavy atom. The fraction of sp³-hybridized carbons (Fsp3) is 0.455. The van der Waals surface area contributed by atoms with Crippen molar-refractivity contribution >= 4 is 0 Å². The van der Waals surface area contributed by atoms with E-state index in [0.29, 0.717) is 18.2 Å². The van der Waals surface area contributed by atoms with E-state index in [2.05, 4.69) is 0 Å². The van der Waals surface area contributed by atoms with E-state index in [-0.39, 0.29) is 11.8 Å². The Hall–Kier alpha value is -1.10. The molecule has 2 N–H and O–H groups in total. The van der Waals surface area contributed by atoms with Gasteiger partial charge in [0.15, 0.2) is 0 Å². The lowest BCUT2D eigenvalue weighted by Gasteiger charge is -2.09. The second kappa shape index (κ2) is 3.73. The minimum atomic E-state index is -4.50. The van der Waals surface area contributed by atoms with Crippen molar-refractivity contribution in [1.82, 2.24) is 0 Å². The molecule has 5 heteroatoms. The molecule has 0 amide bonds. The van der Waals surface area contributed by atoms with Crippen molar-refractivity contribution in [3.63, 3.8) is 0 Å². The molecule has 0 spiro atoms. The maximum Gasteiger partial charge on any atom is 0.416 e. The van der Waals surface area contributed by atoms with Crippen LogP contribution in [-0.4, -0.2) is 6.54 Å². The Balaban J connectivity index is 2.31. The Bertz CT molecular complexity index is 399. The minimum absolute atomic E-state index is 0.0122. The fourth-order valence-corrected chi connectivity index (χ4v) is 1.91. The second-order valence-corrected chi connectivity index (χ2v) is 4.11. The highest BCUT2D eigenvalue weighted by Crippen LogP contribution is 2.47. The van der Waals surface area contributed by atoms with Crippen LogP contribution in [0.2, 0.25) is 0 Å². The first-order valence-corrected chi connectivity index (χ1v) is 4.99. The summed E-state index contributed by atoms with van der Waals surface area (Å²) in [4.78, 5) is 0. The van der Waals surface area contributed by atoms with E-state index < -0.39 is 17.6 Å². The number of rotatable bonds is 2. The van der Waals surface area contributed by atoms with Gasteiger partial charge in [-0.25, -0.2) is 4.39 Å². The lowest BCUT2D eigenvalue weighted by molar-refractivity contribution is -0.137. The van der Waals surface area contributed by atoms with Crippen LogP contribution in [0.3, 0.4) is 0 Å². The zero-order chi connectivity index (χ0) is 11.9. The molecule has 1 aliphatic carbocycles. The van der Waals surface area contributed by atoms with Gasteiger partial charge in [0.1, 0.15) is 5.82 Å². The summed E-state index contributed by atoms with van der Waals surface area (Å²) in [5.41, 5.74) is 4.89. The first-order chi connectivity index (χ1) is 7.41. The average molecular weight is 233 g/mol. The van der Waals surface area contributed by atoms with Crippen LogP contribution in [0.25, 0.3) is 0 Å². The molecule has 0 aliphatic heterocycles. The van der Waals surface area contributed by atoms with Crippen LogP contribution in [0.5, 0.6) is 0 Å². The smallest absolute Gasteiger partial charge is 0.330 e. The first-order valence-electron chi connectivity index (χ1n) is 4.99. The van der Waals surface area contributed by atoms with Crippen LogP contribution in [-0.2, 0) is 6.18 Å². The molecule has 2 rings (SSSR count). The topological polar surface area (TPSA) is 26.0 Å². The van der Waals surface area contributed by atoms with Gasteiger partial charge in [0.05, 0.1) is 5.56 Å². The molecular formula is C11H11F4N. The van der Waals surface area contributed by atoms with Crippen LogP contribution in [0.1, 0.15) is 23.5 Å². The average Bonchev–Trinajstić information content (AvgIpc) is 2.94. The summed E-state index contributed by atoms with van der Waals surface area (Å²) in [5, 5.41) is 0. The van der Waals surface area contributed by atoms with Crippen molar-refractivity contribution in [2.75, 3.05) is 6.54 Å². The van der Waals surface area contributed by atoms with Crippen molar-refractivity contribution in [3.8, 4) is 0 Å². The molecule has 1 aliphatic rings. The van der Waals surface area contributed by atoms with Crippen LogP contribution in [0.15, 0.2) is 18.2 Å². The summed E-state index contributed by atoms with van der Waals surface area (Å²) in [6.07, 6.45) is -3.75. The molecule has 1 aromatic rings. The molecule has 88 valence electrons. The highest BCUT2D eigenvalue weighted by Gasteiger charge is 2.39. The Morgan fingerprint density at radius 2 is 1.94 bits per heavy atom. The number of halogens is 4. The van der Waals surface area contributed by atoms with Crippen molar-refractivity contribution in [2.45, 2.75) is 18.5 Å². The summed E-state index contributed by atoms with van der Waals surface area (Å²) in [6.45, 7) is 0.433. The molecule has 0 aromatic heterocycles. The number of hydrogen-bond acceptors (Lipinski definition) is 1. The molecule has 1 aromatic carbocycles. The van der Waals surface area contributed by atoms with E-state index in [1.165, 1.54) is 0 Å².